The fraction of sp³-hybridized carbons (Fsp3) is 0.429. The molecular formula is C14H17BrClN3O2. The van der Waals surface area contributed by atoms with Gasteiger partial charge in [-0.25, -0.2) is 0 Å². The summed E-state index contributed by atoms with van der Waals surface area (Å²) in [5.74, 6) is 1.13. The maximum atomic E-state index is 5.98. The highest BCUT2D eigenvalue weighted by molar-refractivity contribution is 9.10. The zero-order chi connectivity index (χ0) is 15.2. The molecule has 114 valence electrons. The Morgan fingerprint density at radius 3 is 2.95 bits per heavy atom. The van der Waals surface area contributed by atoms with E-state index in [0.717, 1.165) is 16.6 Å². The molecule has 1 N–H and O–H groups in total. The number of likely N-dealkylation sites (N-methyl/N-ethyl adjacent to an activating group) is 1. The molecule has 21 heavy (non-hydrogen) atoms. The minimum atomic E-state index is 0.158. The maximum Gasteiger partial charge on any atom is 0.228 e. The van der Waals surface area contributed by atoms with E-state index in [1.54, 1.807) is 13.2 Å². The lowest BCUT2D eigenvalue weighted by Crippen LogP contribution is -2.35. The Balaban J connectivity index is 2.11. The number of ether oxygens (including phenoxy) is 1. The van der Waals surface area contributed by atoms with Crippen molar-refractivity contribution < 1.29 is 9.26 Å². The Bertz CT molecular complexity index is 585. The van der Waals surface area contributed by atoms with E-state index in [0.29, 0.717) is 29.8 Å². The highest BCUT2D eigenvalue weighted by Crippen LogP contribution is 2.27. The molecule has 0 aliphatic heterocycles. The summed E-state index contributed by atoms with van der Waals surface area (Å²) in [5, 5.41) is 7.98. The Kier molecular flexibility index (Phi) is 6.17. The van der Waals surface area contributed by atoms with Gasteiger partial charge in [0.2, 0.25) is 11.7 Å². The third kappa shape index (κ3) is 4.51. The number of nitrogens with zero attached hydrogens (tertiary/aromatic N) is 2. The molecule has 2 aromatic rings. The highest BCUT2D eigenvalue weighted by Gasteiger charge is 2.15. The van der Waals surface area contributed by atoms with Gasteiger partial charge in [-0.2, -0.15) is 4.98 Å². The van der Waals surface area contributed by atoms with Crippen molar-refractivity contribution in [2.45, 2.75) is 19.4 Å². The van der Waals surface area contributed by atoms with Crippen LogP contribution in [0.2, 0.25) is 5.02 Å². The first kappa shape index (κ1) is 16.4. The summed E-state index contributed by atoms with van der Waals surface area (Å²) in [5.41, 5.74) is 0.855. The van der Waals surface area contributed by atoms with E-state index in [1.165, 1.54) is 0 Å². The standard InChI is InChI=1S/C14H17BrClN3O2/c1-3-17-10(8-20-2)7-13-18-14(19-21-13)9-4-5-12(16)11(15)6-9/h4-6,10,17H,3,7-8H2,1-2H3. The van der Waals surface area contributed by atoms with Crippen LogP contribution < -0.4 is 5.32 Å². The maximum absolute atomic E-state index is 5.98. The van der Waals surface area contributed by atoms with E-state index < -0.39 is 0 Å². The summed E-state index contributed by atoms with van der Waals surface area (Å²) in [7, 11) is 1.68. The van der Waals surface area contributed by atoms with Crippen molar-refractivity contribution in [3.8, 4) is 11.4 Å². The lowest BCUT2D eigenvalue weighted by molar-refractivity contribution is 0.162. The SMILES string of the molecule is CCNC(COC)Cc1nc(-c2ccc(Cl)c(Br)c2)no1. The number of aromatic nitrogens is 2. The van der Waals surface area contributed by atoms with E-state index in [-0.39, 0.29) is 6.04 Å². The van der Waals surface area contributed by atoms with Gasteiger partial charge in [-0.05, 0) is 40.7 Å². The number of rotatable bonds is 7. The number of nitrogens with one attached hydrogen (secondary N) is 1. The highest BCUT2D eigenvalue weighted by atomic mass is 79.9. The van der Waals surface area contributed by atoms with Gasteiger partial charge in [-0.1, -0.05) is 23.7 Å². The second-order valence-electron chi connectivity index (χ2n) is 4.55. The predicted molar refractivity (Wildman–Crippen MR) is 85.5 cm³/mol. The number of methoxy groups -OCH3 is 1. The average Bonchev–Trinajstić information content (AvgIpc) is 2.91. The summed E-state index contributed by atoms with van der Waals surface area (Å²) in [6.07, 6.45) is 0.628. The zero-order valence-corrected chi connectivity index (χ0v) is 14.2. The van der Waals surface area contributed by atoms with Crippen molar-refractivity contribution in [2.24, 2.45) is 0 Å². The molecule has 1 aromatic heterocycles. The molecule has 1 aromatic carbocycles. The Hall–Kier alpha value is -0.950. The molecule has 0 fully saturated rings. The first-order chi connectivity index (χ1) is 10.1. The lowest BCUT2D eigenvalue weighted by Gasteiger charge is -2.14. The fourth-order valence-electron chi connectivity index (χ4n) is 1.98. The van der Waals surface area contributed by atoms with E-state index in [9.17, 15) is 0 Å². The van der Waals surface area contributed by atoms with Crippen molar-refractivity contribution in [3.63, 3.8) is 0 Å². The van der Waals surface area contributed by atoms with Crippen molar-refractivity contribution in [2.75, 3.05) is 20.3 Å². The number of benzene rings is 1. The molecule has 5 nitrogen and oxygen atoms in total. The van der Waals surface area contributed by atoms with Crippen LogP contribution in [0.15, 0.2) is 27.2 Å². The average molecular weight is 375 g/mol. The quantitative estimate of drug-likeness (QED) is 0.805. The minimum absolute atomic E-state index is 0.158. The number of hydrogen-bond acceptors (Lipinski definition) is 5. The van der Waals surface area contributed by atoms with Crippen LogP contribution in [0.1, 0.15) is 12.8 Å². The van der Waals surface area contributed by atoms with Gasteiger partial charge < -0.3 is 14.6 Å². The van der Waals surface area contributed by atoms with Gasteiger partial charge >= 0.3 is 0 Å². The molecule has 1 unspecified atom stereocenters. The van der Waals surface area contributed by atoms with Crippen molar-refractivity contribution in [1.82, 2.24) is 15.5 Å². The van der Waals surface area contributed by atoms with E-state index >= 15 is 0 Å². The van der Waals surface area contributed by atoms with Crippen molar-refractivity contribution in [1.29, 1.82) is 0 Å². The van der Waals surface area contributed by atoms with E-state index in [4.69, 9.17) is 20.9 Å². The molecular weight excluding hydrogens is 358 g/mol. The molecule has 0 spiro atoms. The van der Waals surface area contributed by atoms with Gasteiger partial charge in [0.1, 0.15) is 0 Å². The third-order valence-corrected chi connectivity index (χ3v) is 4.14. The molecule has 0 amide bonds. The molecule has 0 saturated heterocycles. The number of hydrogen-bond donors (Lipinski definition) is 1. The molecule has 0 bridgehead atoms. The van der Waals surface area contributed by atoms with Crippen molar-refractivity contribution >= 4 is 27.5 Å². The van der Waals surface area contributed by atoms with Crippen LogP contribution in [0.5, 0.6) is 0 Å². The van der Waals surface area contributed by atoms with Gasteiger partial charge in [0, 0.05) is 29.6 Å². The largest absolute Gasteiger partial charge is 0.383 e. The first-order valence-corrected chi connectivity index (χ1v) is 7.81. The van der Waals surface area contributed by atoms with Crippen LogP contribution in [-0.2, 0) is 11.2 Å². The molecule has 0 aliphatic carbocycles. The summed E-state index contributed by atoms with van der Waals surface area (Å²) in [6, 6.07) is 5.68. The fourth-order valence-corrected chi connectivity index (χ4v) is 2.48. The molecule has 2 rings (SSSR count). The van der Waals surface area contributed by atoms with E-state index in [1.807, 2.05) is 19.1 Å². The zero-order valence-electron chi connectivity index (χ0n) is 11.9. The smallest absolute Gasteiger partial charge is 0.228 e. The van der Waals surface area contributed by atoms with Crippen molar-refractivity contribution in [3.05, 3.63) is 33.6 Å². The molecule has 0 aliphatic rings. The molecule has 0 saturated carbocycles. The van der Waals surface area contributed by atoms with Crippen LogP contribution in [0.4, 0.5) is 0 Å². The topological polar surface area (TPSA) is 60.2 Å². The van der Waals surface area contributed by atoms with Gasteiger partial charge in [-0.15, -0.1) is 0 Å². The van der Waals surface area contributed by atoms with Crippen LogP contribution in [0.25, 0.3) is 11.4 Å². The second-order valence-corrected chi connectivity index (χ2v) is 5.82. The number of halogens is 2. The Morgan fingerprint density at radius 1 is 1.48 bits per heavy atom. The third-order valence-electron chi connectivity index (χ3n) is 2.93. The monoisotopic (exact) mass is 373 g/mol. The van der Waals surface area contributed by atoms with Crippen LogP contribution in [-0.4, -0.2) is 36.4 Å². The summed E-state index contributed by atoms with van der Waals surface area (Å²) >= 11 is 9.37. The van der Waals surface area contributed by atoms with Crippen LogP contribution in [0, 0.1) is 0 Å². The van der Waals surface area contributed by atoms with E-state index in [2.05, 4.69) is 31.4 Å². The molecule has 1 heterocycles. The second kappa shape index (κ2) is 7.89. The van der Waals surface area contributed by atoms with Gasteiger partial charge in [0.15, 0.2) is 0 Å². The summed E-state index contributed by atoms with van der Waals surface area (Å²) in [6.45, 7) is 3.50. The molecule has 0 radical (unpaired) electrons. The predicted octanol–water partition coefficient (Wildman–Crippen LogP) is 3.32. The minimum Gasteiger partial charge on any atom is -0.383 e. The Morgan fingerprint density at radius 2 is 2.29 bits per heavy atom. The van der Waals surface area contributed by atoms with Gasteiger partial charge in [-0.3, -0.25) is 0 Å². The normalized spacial score (nSPS) is 12.6. The summed E-state index contributed by atoms with van der Waals surface area (Å²) < 4.78 is 11.3. The molecule has 7 heteroatoms. The first-order valence-electron chi connectivity index (χ1n) is 6.64. The molecule has 1 atom stereocenters. The van der Waals surface area contributed by atoms with Crippen LogP contribution >= 0.6 is 27.5 Å². The Labute approximate surface area is 137 Å². The van der Waals surface area contributed by atoms with Gasteiger partial charge in [0.05, 0.1) is 11.6 Å². The lowest BCUT2D eigenvalue weighted by atomic mass is 10.2. The van der Waals surface area contributed by atoms with Gasteiger partial charge in [0.25, 0.3) is 0 Å². The summed E-state index contributed by atoms with van der Waals surface area (Å²) in [4.78, 5) is 4.42. The van der Waals surface area contributed by atoms with Crippen LogP contribution in [0.3, 0.4) is 0 Å².